The number of amides is 1. The number of ketones is 1. The first-order valence-corrected chi connectivity index (χ1v) is 6.76. The lowest BCUT2D eigenvalue weighted by Gasteiger charge is -2.05. The van der Waals surface area contributed by atoms with E-state index in [9.17, 15) is 18.8 Å². The first kappa shape index (κ1) is 15.9. The van der Waals surface area contributed by atoms with Crippen LogP contribution >= 0.6 is 11.6 Å². The van der Waals surface area contributed by atoms with Crippen molar-refractivity contribution in [1.82, 2.24) is 10.3 Å². The van der Waals surface area contributed by atoms with E-state index < -0.39 is 17.3 Å². The lowest BCUT2D eigenvalue weighted by molar-refractivity contribution is -0.117. The zero-order valence-electron chi connectivity index (χ0n) is 11.4. The van der Waals surface area contributed by atoms with Crippen molar-refractivity contribution in [3.63, 3.8) is 0 Å². The van der Waals surface area contributed by atoms with E-state index in [1.807, 2.05) is 0 Å². The molecule has 0 fully saturated rings. The van der Waals surface area contributed by atoms with Gasteiger partial charge in [-0.3, -0.25) is 14.4 Å². The number of nitrogens with one attached hydrogen (secondary N) is 2. The van der Waals surface area contributed by atoms with Crippen LogP contribution in [0.15, 0.2) is 41.2 Å². The van der Waals surface area contributed by atoms with Crippen molar-refractivity contribution in [2.45, 2.75) is 6.42 Å². The number of hydrogen-bond acceptors (Lipinski definition) is 3. The Labute approximate surface area is 130 Å². The number of carbonyl (C=O) groups excluding carboxylic acids is 2. The molecule has 2 N–H and O–H groups in total. The molecule has 5 nitrogen and oxygen atoms in total. The summed E-state index contributed by atoms with van der Waals surface area (Å²) in [6, 6.07) is 8.32. The normalized spacial score (nSPS) is 10.3. The fourth-order valence-corrected chi connectivity index (χ4v) is 1.91. The average Bonchev–Trinajstić information content (AvgIpc) is 2.47. The van der Waals surface area contributed by atoms with E-state index in [0.29, 0.717) is 5.56 Å². The second-order valence-electron chi connectivity index (χ2n) is 4.58. The van der Waals surface area contributed by atoms with Gasteiger partial charge in [0.1, 0.15) is 16.5 Å². The Bertz CT molecular complexity index is 773. The van der Waals surface area contributed by atoms with Gasteiger partial charge in [-0.05, 0) is 29.8 Å². The summed E-state index contributed by atoms with van der Waals surface area (Å²) in [7, 11) is 0. The lowest BCUT2D eigenvalue weighted by atomic mass is 10.1. The van der Waals surface area contributed by atoms with Crippen LogP contribution < -0.4 is 10.9 Å². The van der Waals surface area contributed by atoms with Crippen LogP contribution in [0.4, 0.5) is 4.39 Å². The van der Waals surface area contributed by atoms with E-state index in [-0.39, 0.29) is 29.5 Å². The van der Waals surface area contributed by atoms with E-state index in [2.05, 4.69) is 10.3 Å². The summed E-state index contributed by atoms with van der Waals surface area (Å²) < 4.78 is 13.0. The maximum absolute atomic E-state index is 13.0. The van der Waals surface area contributed by atoms with Gasteiger partial charge in [-0.2, -0.15) is 0 Å². The molecular weight excluding hydrogens is 311 g/mol. The monoisotopic (exact) mass is 322 g/mol. The molecule has 0 spiro atoms. The van der Waals surface area contributed by atoms with Gasteiger partial charge in [0.15, 0.2) is 5.78 Å². The van der Waals surface area contributed by atoms with Gasteiger partial charge < -0.3 is 10.3 Å². The van der Waals surface area contributed by atoms with Crippen molar-refractivity contribution in [3.8, 4) is 0 Å². The highest BCUT2D eigenvalue weighted by Crippen LogP contribution is 2.05. The van der Waals surface area contributed by atoms with Crippen LogP contribution in [0, 0.1) is 5.82 Å². The molecule has 0 saturated carbocycles. The van der Waals surface area contributed by atoms with Gasteiger partial charge in [0.2, 0.25) is 0 Å². The fourth-order valence-electron chi connectivity index (χ4n) is 1.80. The van der Waals surface area contributed by atoms with E-state index in [0.717, 1.165) is 0 Å². The standard InChI is InChI=1S/C15H12ClFN2O3/c16-12-4-5-13(19-14(12)21)15(22)18-8-11(20)7-9-2-1-3-10(17)6-9/h1-6H,7-8H2,(H,18,22)(H,19,21). The molecule has 0 aliphatic carbocycles. The zero-order chi connectivity index (χ0) is 16.1. The first-order valence-electron chi connectivity index (χ1n) is 6.39. The third-order valence-corrected chi connectivity index (χ3v) is 3.14. The van der Waals surface area contributed by atoms with Gasteiger partial charge in [-0.1, -0.05) is 23.7 Å². The molecule has 0 bridgehead atoms. The van der Waals surface area contributed by atoms with Crippen LogP contribution in [-0.4, -0.2) is 23.2 Å². The maximum Gasteiger partial charge on any atom is 0.268 e. The van der Waals surface area contributed by atoms with Crippen molar-refractivity contribution in [2.24, 2.45) is 0 Å². The molecule has 0 atom stereocenters. The number of aromatic amines is 1. The number of Topliss-reactive ketones (excluding diaryl/α,β-unsaturated/α-hetero) is 1. The predicted octanol–water partition coefficient (Wildman–Crippen LogP) is 1.71. The SMILES string of the molecule is O=C(CNC(=O)c1ccc(Cl)c(=O)[nH]1)Cc1cccc(F)c1. The van der Waals surface area contributed by atoms with Crippen molar-refractivity contribution < 1.29 is 14.0 Å². The number of hydrogen-bond donors (Lipinski definition) is 2. The minimum Gasteiger partial charge on any atom is -0.344 e. The molecular formula is C15H12ClFN2O3. The van der Waals surface area contributed by atoms with Gasteiger partial charge in [-0.15, -0.1) is 0 Å². The second kappa shape index (κ2) is 7.00. The fraction of sp³-hybridized carbons (Fsp3) is 0.133. The third-order valence-electron chi connectivity index (χ3n) is 2.84. The van der Waals surface area contributed by atoms with Crippen molar-refractivity contribution in [3.05, 3.63) is 68.8 Å². The zero-order valence-corrected chi connectivity index (χ0v) is 12.1. The summed E-state index contributed by atoms with van der Waals surface area (Å²) in [5.41, 5.74) is -0.0486. The minimum atomic E-state index is -0.596. The Hall–Kier alpha value is -2.47. The Morgan fingerprint density at radius 3 is 2.68 bits per heavy atom. The summed E-state index contributed by atoms with van der Waals surface area (Å²) in [5.74, 6) is -1.30. The molecule has 114 valence electrons. The van der Waals surface area contributed by atoms with Crippen LogP contribution in [0.2, 0.25) is 5.02 Å². The summed E-state index contributed by atoms with van der Waals surface area (Å²) >= 11 is 5.56. The predicted molar refractivity (Wildman–Crippen MR) is 79.5 cm³/mol. The molecule has 22 heavy (non-hydrogen) atoms. The molecule has 1 aromatic carbocycles. The number of halogens is 2. The molecule has 0 aliphatic rings. The molecule has 1 aromatic heterocycles. The van der Waals surface area contributed by atoms with Crippen LogP contribution in [0.25, 0.3) is 0 Å². The van der Waals surface area contributed by atoms with Gasteiger partial charge in [0, 0.05) is 6.42 Å². The first-order chi connectivity index (χ1) is 10.5. The molecule has 1 heterocycles. The lowest BCUT2D eigenvalue weighted by Crippen LogP contribution is -2.32. The number of benzene rings is 1. The Balaban J connectivity index is 1.91. The molecule has 0 saturated heterocycles. The molecule has 2 aromatic rings. The average molecular weight is 323 g/mol. The Kier molecular flexibility index (Phi) is 5.06. The number of H-pyrrole nitrogens is 1. The summed E-state index contributed by atoms with van der Waals surface area (Å²) in [6.45, 7) is -0.222. The quantitative estimate of drug-likeness (QED) is 0.879. The topological polar surface area (TPSA) is 79.0 Å². The van der Waals surface area contributed by atoms with Gasteiger partial charge >= 0.3 is 0 Å². The largest absolute Gasteiger partial charge is 0.344 e. The molecule has 0 aliphatic heterocycles. The van der Waals surface area contributed by atoms with Crippen LogP contribution in [0.3, 0.4) is 0 Å². The molecule has 7 heteroatoms. The molecule has 2 rings (SSSR count). The van der Waals surface area contributed by atoms with Gasteiger partial charge in [0.25, 0.3) is 11.5 Å². The van der Waals surface area contributed by atoms with Crippen molar-refractivity contribution in [1.29, 1.82) is 0 Å². The highest BCUT2D eigenvalue weighted by atomic mass is 35.5. The van der Waals surface area contributed by atoms with Crippen LogP contribution in [0.5, 0.6) is 0 Å². The van der Waals surface area contributed by atoms with Crippen molar-refractivity contribution in [2.75, 3.05) is 6.54 Å². The Morgan fingerprint density at radius 2 is 2.00 bits per heavy atom. The second-order valence-corrected chi connectivity index (χ2v) is 4.98. The van der Waals surface area contributed by atoms with E-state index in [1.165, 1.54) is 30.3 Å². The van der Waals surface area contributed by atoms with E-state index >= 15 is 0 Å². The number of aromatic nitrogens is 1. The summed E-state index contributed by atoms with van der Waals surface area (Å²) in [4.78, 5) is 37.1. The molecule has 1 amide bonds. The number of pyridine rings is 1. The van der Waals surface area contributed by atoms with E-state index in [4.69, 9.17) is 11.6 Å². The maximum atomic E-state index is 13.0. The molecule has 0 unspecified atom stereocenters. The Morgan fingerprint density at radius 1 is 1.23 bits per heavy atom. The minimum absolute atomic E-state index is 0.00737. The number of rotatable bonds is 5. The van der Waals surface area contributed by atoms with Gasteiger partial charge in [0.05, 0.1) is 6.54 Å². The van der Waals surface area contributed by atoms with E-state index in [1.54, 1.807) is 6.07 Å². The van der Waals surface area contributed by atoms with Crippen LogP contribution in [-0.2, 0) is 11.2 Å². The number of carbonyl (C=O) groups is 2. The smallest absolute Gasteiger partial charge is 0.268 e. The summed E-state index contributed by atoms with van der Waals surface area (Å²) in [6.07, 6.45) is 0.00910. The van der Waals surface area contributed by atoms with Gasteiger partial charge in [-0.25, -0.2) is 4.39 Å². The third kappa shape index (κ3) is 4.26. The highest BCUT2D eigenvalue weighted by Gasteiger charge is 2.10. The van der Waals surface area contributed by atoms with Crippen LogP contribution in [0.1, 0.15) is 16.1 Å². The van der Waals surface area contributed by atoms with Crippen molar-refractivity contribution >= 4 is 23.3 Å². The summed E-state index contributed by atoms with van der Waals surface area (Å²) in [5, 5.41) is 2.36. The highest BCUT2D eigenvalue weighted by molar-refractivity contribution is 6.30. The molecule has 0 radical (unpaired) electrons.